The number of hydrogen-bond acceptors (Lipinski definition) is 4. The summed E-state index contributed by atoms with van der Waals surface area (Å²) in [6, 6.07) is 17.9. The standard InChI is InChI=1S/C24H23N3O4/c1-16-7-2-5-11-21(16)27-15-17(13-22(27)28)23(29)26-20-10-4-3-9-19(20)24(30)25-14-18-8-6-12-31-18/h2-12,17H,13-15H2,1H3,(H,25,30)(H,26,29)/t17-/m1/s1. The van der Waals surface area contributed by atoms with Crippen molar-refractivity contribution in [2.24, 2.45) is 5.92 Å². The molecule has 1 atom stereocenters. The predicted octanol–water partition coefficient (Wildman–Crippen LogP) is 3.51. The van der Waals surface area contributed by atoms with Crippen LogP contribution in [0.15, 0.2) is 71.3 Å². The van der Waals surface area contributed by atoms with Gasteiger partial charge in [0, 0.05) is 18.7 Å². The molecule has 1 fully saturated rings. The summed E-state index contributed by atoms with van der Waals surface area (Å²) in [5.74, 6) is -0.548. The second-order valence-corrected chi connectivity index (χ2v) is 7.49. The van der Waals surface area contributed by atoms with E-state index in [-0.39, 0.29) is 30.7 Å². The molecule has 31 heavy (non-hydrogen) atoms. The fourth-order valence-corrected chi connectivity index (χ4v) is 3.68. The highest BCUT2D eigenvalue weighted by Gasteiger charge is 2.36. The number of nitrogens with one attached hydrogen (secondary N) is 2. The number of carbonyl (C=O) groups excluding carboxylic acids is 3. The van der Waals surface area contributed by atoms with E-state index in [1.807, 2.05) is 31.2 Å². The first-order chi connectivity index (χ1) is 15.0. The molecule has 0 saturated carbocycles. The zero-order chi connectivity index (χ0) is 21.8. The lowest BCUT2D eigenvalue weighted by atomic mass is 10.1. The van der Waals surface area contributed by atoms with Gasteiger partial charge in [0.2, 0.25) is 11.8 Å². The number of aryl methyl sites for hydroxylation is 1. The molecule has 4 rings (SSSR count). The fraction of sp³-hybridized carbons (Fsp3) is 0.208. The van der Waals surface area contributed by atoms with Crippen molar-refractivity contribution in [1.29, 1.82) is 0 Å². The zero-order valence-electron chi connectivity index (χ0n) is 17.1. The molecule has 2 N–H and O–H groups in total. The number of para-hydroxylation sites is 2. The van der Waals surface area contributed by atoms with Gasteiger partial charge in [-0.3, -0.25) is 14.4 Å². The van der Waals surface area contributed by atoms with E-state index in [9.17, 15) is 14.4 Å². The van der Waals surface area contributed by atoms with Gasteiger partial charge in [0.25, 0.3) is 5.91 Å². The quantitative estimate of drug-likeness (QED) is 0.642. The highest BCUT2D eigenvalue weighted by molar-refractivity contribution is 6.07. The molecule has 0 aliphatic carbocycles. The molecule has 0 radical (unpaired) electrons. The molecule has 1 aromatic heterocycles. The Hall–Kier alpha value is -3.87. The molecule has 2 aromatic carbocycles. The van der Waals surface area contributed by atoms with Crippen molar-refractivity contribution in [1.82, 2.24) is 5.32 Å². The number of rotatable bonds is 6. The van der Waals surface area contributed by atoms with Gasteiger partial charge >= 0.3 is 0 Å². The molecule has 158 valence electrons. The third-order valence-electron chi connectivity index (χ3n) is 5.33. The van der Waals surface area contributed by atoms with Crippen molar-refractivity contribution in [2.75, 3.05) is 16.8 Å². The number of furan rings is 1. The minimum absolute atomic E-state index is 0.0843. The topological polar surface area (TPSA) is 91.7 Å². The minimum Gasteiger partial charge on any atom is -0.467 e. The van der Waals surface area contributed by atoms with Gasteiger partial charge in [-0.25, -0.2) is 0 Å². The monoisotopic (exact) mass is 417 g/mol. The number of carbonyl (C=O) groups is 3. The Balaban J connectivity index is 1.44. The first kappa shape index (κ1) is 20.4. The Morgan fingerprint density at radius 2 is 1.84 bits per heavy atom. The molecule has 3 aromatic rings. The Morgan fingerprint density at radius 3 is 2.61 bits per heavy atom. The van der Waals surface area contributed by atoms with Crippen LogP contribution in [0.25, 0.3) is 0 Å². The van der Waals surface area contributed by atoms with Crippen molar-refractivity contribution in [3.05, 3.63) is 83.8 Å². The van der Waals surface area contributed by atoms with Crippen LogP contribution in [0.2, 0.25) is 0 Å². The summed E-state index contributed by atoms with van der Waals surface area (Å²) in [6.07, 6.45) is 1.67. The van der Waals surface area contributed by atoms with Crippen molar-refractivity contribution in [3.63, 3.8) is 0 Å². The maximum atomic E-state index is 12.9. The molecule has 7 heteroatoms. The lowest BCUT2D eigenvalue weighted by Crippen LogP contribution is -2.29. The fourth-order valence-electron chi connectivity index (χ4n) is 3.68. The van der Waals surface area contributed by atoms with Gasteiger partial charge in [0.05, 0.1) is 30.0 Å². The maximum Gasteiger partial charge on any atom is 0.253 e. The largest absolute Gasteiger partial charge is 0.467 e. The van der Waals surface area contributed by atoms with E-state index in [0.717, 1.165) is 11.3 Å². The highest BCUT2D eigenvalue weighted by Crippen LogP contribution is 2.28. The van der Waals surface area contributed by atoms with Crippen LogP contribution in [0.3, 0.4) is 0 Å². The molecule has 7 nitrogen and oxygen atoms in total. The molecule has 0 bridgehead atoms. The molecule has 2 heterocycles. The van der Waals surface area contributed by atoms with Crippen LogP contribution in [0.5, 0.6) is 0 Å². The Kier molecular flexibility index (Phi) is 5.84. The molecule has 1 aliphatic rings. The number of anilines is 2. The summed E-state index contributed by atoms with van der Waals surface area (Å²) in [4.78, 5) is 39.7. The third-order valence-corrected chi connectivity index (χ3v) is 5.33. The third kappa shape index (κ3) is 4.50. The van der Waals surface area contributed by atoms with Crippen LogP contribution in [-0.2, 0) is 16.1 Å². The van der Waals surface area contributed by atoms with E-state index in [4.69, 9.17) is 4.42 Å². The van der Waals surface area contributed by atoms with Gasteiger partial charge in [0.15, 0.2) is 0 Å². The molecule has 3 amide bonds. The van der Waals surface area contributed by atoms with Crippen molar-refractivity contribution in [2.45, 2.75) is 19.9 Å². The summed E-state index contributed by atoms with van der Waals surface area (Å²) in [5, 5.41) is 5.61. The minimum atomic E-state index is -0.494. The summed E-state index contributed by atoms with van der Waals surface area (Å²) in [5.41, 5.74) is 2.56. The van der Waals surface area contributed by atoms with E-state index < -0.39 is 5.92 Å². The van der Waals surface area contributed by atoms with E-state index in [1.165, 1.54) is 0 Å². The molecule has 1 aliphatic heterocycles. The average molecular weight is 417 g/mol. The molecular formula is C24H23N3O4. The summed E-state index contributed by atoms with van der Waals surface area (Å²) in [6.45, 7) is 2.49. The van der Waals surface area contributed by atoms with E-state index in [1.54, 1.807) is 47.6 Å². The molecule has 0 spiro atoms. The Morgan fingerprint density at radius 1 is 1.06 bits per heavy atom. The molecular weight excluding hydrogens is 394 g/mol. The van der Waals surface area contributed by atoms with Gasteiger partial charge in [-0.1, -0.05) is 30.3 Å². The number of hydrogen-bond donors (Lipinski definition) is 2. The van der Waals surface area contributed by atoms with Crippen LogP contribution in [0.1, 0.15) is 28.1 Å². The normalized spacial score (nSPS) is 15.7. The number of amides is 3. The first-order valence-electron chi connectivity index (χ1n) is 10.1. The highest BCUT2D eigenvalue weighted by atomic mass is 16.3. The molecule has 0 unspecified atom stereocenters. The van der Waals surface area contributed by atoms with E-state index in [2.05, 4.69) is 10.6 Å². The van der Waals surface area contributed by atoms with Crippen LogP contribution in [0.4, 0.5) is 11.4 Å². The Labute approximate surface area is 180 Å². The summed E-state index contributed by atoms with van der Waals surface area (Å²) >= 11 is 0. The predicted molar refractivity (Wildman–Crippen MR) is 117 cm³/mol. The second-order valence-electron chi connectivity index (χ2n) is 7.49. The SMILES string of the molecule is Cc1ccccc1N1C[C@H](C(=O)Nc2ccccc2C(=O)NCc2ccco2)CC1=O. The van der Waals surface area contributed by atoms with Crippen molar-refractivity contribution in [3.8, 4) is 0 Å². The average Bonchev–Trinajstić information content (AvgIpc) is 3.42. The zero-order valence-corrected chi connectivity index (χ0v) is 17.1. The summed E-state index contributed by atoms with van der Waals surface area (Å²) in [7, 11) is 0. The molecule has 1 saturated heterocycles. The van der Waals surface area contributed by atoms with Crippen LogP contribution >= 0.6 is 0 Å². The second kappa shape index (κ2) is 8.87. The van der Waals surface area contributed by atoms with Gasteiger partial charge in [-0.15, -0.1) is 0 Å². The first-order valence-corrected chi connectivity index (χ1v) is 10.1. The lowest BCUT2D eigenvalue weighted by Gasteiger charge is -2.19. The lowest BCUT2D eigenvalue weighted by molar-refractivity contribution is -0.122. The van der Waals surface area contributed by atoms with Crippen LogP contribution in [-0.4, -0.2) is 24.3 Å². The number of benzene rings is 2. The van der Waals surface area contributed by atoms with Gasteiger partial charge in [-0.2, -0.15) is 0 Å². The number of nitrogens with zero attached hydrogens (tertiary/aromatic N) is 1. The maximum absolute atomic E-state index is 12.9. The van der Waals surface area contributed by atoms with Crippen molar-refractivity contribution < 1.29 is 18.8 Å². The van der Waals surface area contributed by atoms with Gasteiger partial charge in [0.1, 0.15) is 5.76 Å². The summed E-state index contributed by atoms with van der Waals surface area (Å²) < 4.78 is 5.23. The van der Waals surface area contributed by atoms with Crippen LogP contribution < -0.4 is 15.5 Å². The Bertz CT molecular complexity index is 1110. The van der Waals surface area contributed by atoms with Crippen molar-refractivity contribution >= 4 is 29.1 Å². The smallest absolute Gasteiger partial charge is 0.253 e. The van der Waals surface area contributed by atoms with Crippen LogP contribution in [0, 0.1) is 12.8 Å². The van der Waals surface area contributed by atoms with Gasteiger partial charge in [-0.05, 0) is 42.8 Å². The van der Waals surface area contributed by atoms with E-state index >= 15 is 0 Å². The van der Waals surface area contributed by atoms with Gasteiger partial charge < -0.3 is 20.0 Å². The van der Waals surface area contributed by atoms with E-state index in [0.29, 0.717) is 23.6 Å².